The van der Waals surface area contributed by atoms with Crippen LogP contribution >= 0.6 is 0 Å². The van der Waals surface area contributed by atoms with Crippen LogP contribution in [-0.4, -0.2) is 25.0 Å². The number of benzene rings is 2. The molecule has 1 aromatic heterocycles. The minimum atomic E-state index is -0.219. The molecule has 0 fully saturated rings. The van der Waals surface area contributed by atoms with Crippen LogP contribution in [0.1, 0.15) is 29.5 Å². The Hall–Kier alpha value is -3.74. The maximum atomic E-state index is 12.3. The molecule has 3 rings (SSSR count). The molecule has 0 saturated carbocycles. The van der Waals surface area contributed by atoms with E-state index in [1.54, 1.807) is 54.8 Å². The molecule has 3 aromatic rings. The summed E-state index contributed by atoms with van der Waals surface area (Å²) in [5.41, 5.74) is 1.84. The van der Waals surface area contributed by atoms with Crippen molar-refractivity contribution in [2.75, 3.05) is 23.8 Å². The van der Waals surface area contributed by atoms with Gasteiger partial charge in [0.25, 0.3) is 5.91 Å². The van der Waals surface area contributed by atoms with Crippen molar-refractivity contribution in [2.45, 2.75) is 19.9 Å². The fraction of sp³-hybridized carbons (Fsp3) is 0.217. The summed E-state index contributed by atoms with van der Waals surface area (Å²) in [5, 5.41) is 8.66. The molecule has 0 spiro atoms. The van der Waals surface area contributed by atoms with Crippen LogP contribution in [0.4, 0.5) is 11.4 Å². The number of anilines is 2. The normalized spacial score (nSPS) is 10.3. The van der Waals surface area contributed by atoms with Crippen LogP contribution in [0.15, 0.2) is 71.3 Å². The molecular formula is C23H25N3O4. The van der Waals surface area contributed by atoms with Crippen molar-refractivity contribution in [3.8, 4) is 5.75 Å². The van der Waals surface area contributed by atoms with Gasteiger partial charge in [0.1, 0.15) is 11.5 Å². The molecule has 0 radical (unpaired) electrons. The zero-order chi connectivity index (χ0) is 21.2. The minimum Gasteiger partial charge on any atom is -0.494 e. The van der Waals surface area contributed by atoms with E-state index in [4.69, 9.17) is 9.15 Å². The van der Waals surface area contributed by atoms with Gasteiger partial charge < -0.3 is 25.1 Å². The number of hydrogen-bond acceptors (Lipinski definition) is 5. The van der Waals surface area contributed by atoms with Crippen molar-refractivity contribution >= 4 is 23.2 Å². The molecule has 156 valence electrons. The van der Waals surface area contributed by atoms with Crippen LogP contribution in [0.3, 0.4) is 0 Å². The van der Waals surface area contributed by atoms with Crippen molar-refractivity contribution in [2.24, 2.45) is 0 Å². The summed E-state index contributed by atoms with van der Waals surface area (Å²) in [4.78, 5) is 24.6. The predicted octanol–water partition coefficient (Wildman–Crippen LogP) is 4.05. The van der Waals surface area contributed by atoms with Gasteiger partial charge in [-0.05, 0) is 48.9 Å². The Bertz CT molecular complexity index is 970. The van der Waals surface area contributed by atoms with E-state index in [-0.39, 0.29) is 18.4 Å². The van der Waals surface area contributed by atoms with Crippen molar-refractivity contribution in [3.05, 3.63) is 78.3 Å². The fourth-order valence-corrected chi connectivity index (χ4v) is 2.72. The first-order valence-corrected chi connectivity index (χ1v) is 9.81. The Kier molecular flexibility index (Phi) is 7.49. The van der Waals surface area contributed by atoms with Gasteiger partial charge >= 0.3 is 0 Å². The number of carbonyl (C=O) groups excluding carboxylic acids is 2. The highest BCUT2D eigenvalue weighted by Gasteiger charge is 2.08. The molecule has 1 heterocycles. The standard InChI is InChI=1S/C23H25N3O4/c1-2-11-29-20-9-4-8-19(14-20)26-22(27)16-24-18-7-3-6-17(13-18)23(28)25-15-21-10-5-12-30-21/h3-10,12-14,24H,2,11,15-16H2,1H3,(H,25,28)(H,26,27). The summed E-state index contributed by atoms with van der Waals surface area (Å²) in [6.07, 6.45) is 2.48. The van der Waals surface area contributed by atoms with Crippen LogP contribution in [-0.2, 0) is 11.3 Å². The lowest BCUT2D eigenvalue weighted by Crippen LogP contribution is -2.23. The highest BCUT2D eigenvalue weighted by molar-refractivity contribution is 5.96. The minimum absolute atomic E-state index is 0.0670. The van der Waals surface area contributed by atoms with Crippen LogP contribution < -0.4 is 20.7 Å². The second-order valence-electron chi connectivity index (χ2n) is 6.62. The first-order chi connectivity index (χ1) is 14.6. The summed E-state index contributed by atoms with van der Waals surface area (Å²) in [6.45, 7) is 3.05. The molecule has 0 unspecified atom stereocenters. The lowest BCUT2D eigenvalue weighted by molar-refractivity contribution is -0.114. The molecule has 0 aliphatic carbocycles. The molecule has 0 bridgehead atoms. The Labute approximate surface area is 175 Å². The van der Waals surface area contributed by atoms with Gasteiger partial charge in [0.15, 0.2) is 0 Å². The number of carbonyl (C=O) groups is 2. The highest BCUT2D eigenvalue weighted by atomic mass is 16.5. The second-order valence-corrected chi connectivity index (χ2v) is 6.62. The SMILES string of the molecule is CCCOc1cccc(NC(=O)CNc2cccc(C(=O)NCc3ccco3)c2)c1. The van der Waals surface area contributed by atoms with Crippen LogP contribution in [0, 0.1) is 0 Å². The van der Waals surface area contributed by atoms with Gasteiger partial charge in [-0.15, -0.1) is 0 Å². The highest BCUT2D eigenvalue weighted by Crippen LogP contribution is 2.17. The summed E-state index contributed by atoms with van der Waals surface area (Å²) in [6, 6.07) is 17.8. The summed E-state index contributed by atoms with van der Waals surface area (Å²) >= 11 is 0. The number of nitrogens with one attached hydrogen (secondary N) is 3. The lowest BCUT2D eigenvalue weighted by atomic mass is 10.2. The zero-order valence-corrected chi connectivity index (χ0v) is 16.8. The number of rotatable bonds is 10. The molecule has 0 saturated heterocycles. The maximum absolute atomic E-state index is 12.3. The Morgan fingerprint density at radius 3 is 2.63 bits per heavy atom. The average molecular weight is 407 g/mol. The van der Waals surface area contributed by atoms with E-state index in [0.717, 1.165) is 12.2 Å². The van der Waals surface area contributed by atoms with Crippen molar-refractivity contribution in [1.29, 1.82) is 0 Å². The third-order valence-corrected chi connectivity index (χ3v) is 4.17. The molecule has 7 nitrogen and oxygen atoms in total. The van der Waals surface area contributed by atoms with E-state index in [0.29, 0.717) is 35.9 Å². The topological polar surface area (TPSA) is 92.6 Å². The molecule has 30 heavy (non-hydrogen) atoms. The molecule has 2 amide bonds. The molecule has 0 aliphatic heterocycles. The second kappa shape index (κ2) is 10.7. The first-order valence-electron chi connectivity index (χ1n) is 9.81. The summed E-state index contributed by atoms with van der Waals surface area (Å²) in [5.74, 6) is 0.980. The third-order valence-electron chi connectivity index (χ3n) is 4.17. The van der Waals surface area contributed by atoms with Gasteiger partial charge in [-0.1, -0.05) is 19.1 Å². The van der Waals surface area contributed by atoms with Crippen molar-refractivity contribution in [3.63, 3.8) is 0 Å². The monoisotopic (exact) mass is 407 g/mol. The molecule has 7 heteroatoms. The van der Waals surface area contributed by atoms with Gasteiger partial charge in [0, 0.05) is 23.0 Å². The van der Waals surface area contributed by atoms with Gasteiger partial charge in [0.05, 0.1) is 26.0 Å². The lowest BCUT2D eigenvalue weighted by Gasteiger charge is -2.11. The first kappa shape index (κ1) is 21.0. The summed E-state index contributed by atoms with van der Waals surface area (Å²) < 4.78 is 10.8. The van der Waals surface area contributed by atoms with Gasteiger partial charge in [-0.3, -0.25) is 9.59 Å². The van der Waals surface area contributed by atoms with E-state index in [2.05, 4.69) is 16.0 Å². The van der Waals surface area contributed by atoms with Crippen LogP contribution in [0.2, 0.25) is 0 Å². The van der Waals surface area contributed by atoms with E-state index in [1.807, 2.05) is 19.1 Å². The van der Waals surface area contributed by atoms with Gasteiger partial charge in [0.2, 0.25) is 5.91 Å². The van der Waals surface area contributed by atoms with E-state index >= 15 is 0 Å². The quantitative estimate of drug-likeness (QED) is 0.472. The summed E-state index contributed by atoms with van der Waals surface area (Å²) in [7, 11) is 0. The molecule has 2 aromatic carbocycles. The molecule has 0 atom stereocenters. The van der Waals surface area contributed by atoms with Gasteiger partial charge in [-0.2, -0.15) is 0 Å². The van der Waals surface area contributed by atoms with Crippen molar-refractivity contribution in [1.82, 2.24) is 5.32 Å². The largest absolute Gasteiger partial charge is 0.494 e. The van der Waals surface area contributed by atoms with E-state index in [9.17, 15) is 9.59 Å². The maximum Gasteiger partial charge on any atom is 0.251 e. The average Bonchev–Trinajstić information content (AvgIpc) is 3.29. The van der Waals surface area contributed by atoms with E-state index < -0.39 is 0 Å². The molecule has 0 aliphatic rings. The molecule has 3 N–H and O–H groups in total. The van der Waals surface area contributed by atoms with Gasteiger partial charge in [-0.25, -0.2) is 0 Å². The molecular weight excluding hydrogens is 382 g/mol. The fourth-order valence-electron chi connectivity index (χ4n) is 2.72. The number of hydrogen-bond donors (Lipinski definition) is 3. The number of ether oxygens (including phenoxy) is 1. The van der Waals surface area contributed by atoms with Crippen LogP contribution in [0.25, 0.3) is 0 Å². The van der Waals surface area contributed by atoms with E-state index in [1.165, 1.54) is 0 Å². The Morgan fingerprint density at radius 2 is 1.83 bits per heavy atom. The number of furan rings is 1. The van der Waals surface area contributed by atoms with Crippen molar-refractivity contribution < 1.29 is 18.7 Å². The Morgan fingerprint density at radius 1 is 1.00 bits per heavy atom. The zero-order valence-electron chi connectivity index (χ0n) is 16.8. The number of amides is 2. The third kappa shape index (κ3) is 6.41. The predicted molar refractivity (Wildman–Crippen MR) is 116 cm³/mol. The Balaban J connectivity index is 1.50. The van der Waals surface area contributed by atoms with Crippen LogP contribution in [0.5, 0.6) is 5.75 Å². The smallest absolute Gasteiger partial charge is 0.251 e.